The van der Waals surface area contributed by atoms with Gasteiger partial charge in [-0.05, 0) is 98.3 Å². The summed E-state index contributed by atoms with van der Waals surface area (Å²) in [6.45, 7) is 12.2. The molecule has 0 bridgehead atoms. The minimum atomic E-state index is -0.582. The summed E-state index contributed by atoms with van der Waals surface area (Å²) in [5.41, 5.74) is 3.08. The van der Waals surface area contributed by atoms with Crippen molar-refractivity contribution >= 4 is 17.8 Å². The van der Waals surface area contributed by atoms with E-state index in [2.05, 4.69) is 20.6 Å². The average Bonchev–Trinajstić information content (AvgIpc) is 3.82. The summed E-state index contributed by atoms with van der Waals surface area (Å²) >= 11 is 0. The maximum Gasteiger partial charge on any atom is 0.342 e. The molecule has 312 valence electrons. The molecule has 4 heterocycles. The van der Waals surface area contributed by atoms with E-state index in [0.717, 1.165) is 105 Å². The van der Waals surface area contributed by atoms with Crippen molar-refractivity contribution in [1.82, 2.24) is 48.4 Å². The number of hydrogen-bond donors (Lipinski definition) is 1. The highest BCUT2D eigenvalue weighted by Gasteiger charge is 2.16. The van der Waals surface area contributed by atoms with E-state index in [0.29, 0.717) is 38.6 Å². The molecule has 1 amide bonds. The van der Waals surface area contributed by atoms with Gasteiger partial charge in [0, 0.05) is 56.1 Å². The van der Waals surface area contributed by atoms with E-state index in [4.69, 9.17) is 0 Å². The normalized spacial score (nSPS) is 11.4. The number of aromatic nitrogens is 9. The van der Waals surface area contributed by atoms with E-state index < -0.39 is 17.1 Å². The van der Waals surface area contributed by atoms with Crippen LogP contribution in [0.3, 0.4) is 0 Å². The Labute approximate surface area is 334 Å². The molecule has 0 unspecified atom stereocenters. The van der Waals surface area contributed by atoms with Crippen LogP contribution in [-0.4, -0.2) is 67.4 Å². The number of nitrogens with zero attached hydrogens (tertiary/aromatic N) is 9. The quantitative estimate of drug-likeness (QED) is 0.0909. The first kappa shape index (κ1) is 44.6. The third kappa shape index (κ3) is 12.9. The molecule has 4 rings (SSSR count). The molecular weight excluding hydrogens is 729 g/mol. The van der Waals surface area contributed by atoms with Crippen molar-refractivity contribution in [1.29, 1.82) is 0 Å². The lowest BCUT2D eigenvalue weighted by atomic mass is 10.1. The minimum Gasteiger partial charge on any atom is -0.336 e. The molecule has 0 aliphatic rings. The Kier molecular flexibility index (Phi) is 17.2. The van der Waals surface area contributed by atoms with Crippen LogP contribution >= 0.6 is 0 Å². The number of carbonyl (C=O) groups excluding carboxylic acids is 3. The zero-order valence-electron chi connectivity index (χ0n) is 34.8. The second-order valence-corrected chi connectivity index (χ2v) is 15.3. The molecule has 0 spiro atoms. The lowest BCUT2D eigenvalue weighted by Gasteiger charge is -2.14. The zero-order valence-corrected chi connectivity index (χ0v) is 34.8. The Bertz CT molecular complexity index is 1880. The SMILES string of the molecule is Cc1cc(C)n(C(=O)CCCCCCCn2c(=O)n(CCCCCCCC(=O)n3nc(C)cc3C)c(=O)n(CCCCCCNC(=O)n3nc(C)cc3C)c2=O)n1. The molecule has 4 aromatic heterocycles. The summed E-state index contributed by atoms with van der Waals surface area (Å²) < 4.78 is 7.87. The molecule has 1 N–H and O–H groups in total. The van der Waals surface area contributed by atoms with E-state index in [-0.39, 0.29) is 37.5 Å². The van der Waals surface area contributed by atoms with Crippen molar-refractivity contribution in [2.24, 2.45) is 0 Å². The lowest BCUT2D eigenvalue weighted by Crippen LogP contribution is -2.54. The molecule has 0 saturated heterocycles. The van der Waals surface area contributed by atoms with Crippen LogP contribution in [0.25, 0.3) is 0 Å². The summed E-state index contributed by atoms with van der Waals surface area (Å²) in [6.07, 6.45) is 11.2. The predicted molar refractivity (Wildman–Crippen MR) is 218 cm³/mol. The van der Waals surface area contributed by atoms with Crippen LogP contribution in [-0.2, 0) is 19.6 Å². The molecule has 57 heavy (non-hydrogen) atoms. The summed E-state index contributed by atoms with van der Waals surface area (Å²) in [5.74, 6) is -0.0502. The molecule has 0 aromatic carbocycles. The van der Waals surface area contributed by atoms with Crippen LogP contribution < -0.4 is 22.4 Å². The van der Waals surface area contributed by atoms with Gasteiger partial charge in [0.25, 0.3) is 0 Å². The summed E-state index contributed by atoms with van der Waals surface area (Å²) in [6, 6.07) is 5.33. The monoisotopic (exact) mass is 790 g/mol. The molecule has 0 aliphatic carbocycles. The number of rotatable bonds is 23. The van der Waals surface area contributed by atoms with E-state index in [1.807, 2.05) is 59.7 Å². The van der Waals surface area contributed by atoms with Crippen molar-refractivity contribution in [3.8, 4) is 0 Å². The van der Waals surface area contributed by atoms with Gasteiger partial charge in [-0.25, -0.2) is 42.2 Å². The minimum absolute atomic E-state index is 0.0251. The van der Waals surface area contributed by atoms with Gasteiger partial charge in [-0.15, -0.1) is 0 Å². The van der Waals surface area contributed by atoms with E-state index in [1.54, 1.807) is 0 Å². The van der Waals surface area contributed by atoms with Crippen molar-refractivity contribution in [2.75, 3.05) is 6.54 Å². The highest BCUT2D eigenvalue weighted by molar-refractivity contribution is 5.79. The molecule has 0 radical (unpaired) electrons. The average molecular weight is 791 g/mol. The molecule has 0 atom stereocenters. The third-order valence-electron chi connectivity index (χ3n) is 10.2. The van der Waals surface area contributed by atoms with Crippen LogP contribution in [0.2, 0.25) is 0 Å². The molecule has 16 heteroatoms. The van der Waals surface area contributed by atoms with Crippen molar-refractivity contribution < 1.29 is 14.4 Å². The molecule has 0 fully saturated rings. The smallest absolute Gasteiger partial charge is 0.336 e. The summed E-state index contributed by atoms with van der Waals surface area (Å²) in [4.78, 5) is 78.2. The molecule has 0 aliphatic heterocycles. The highest BCUT2D eigenvalue weighted by atomic mass is 16.2. The van der Waals surface area contributed by atoms with Gasteiger partial charge in [0.2, 0.25) is 11.8 Å². The first-order chi connectivity index (χ1) is 27.3. The van der Waals surface area contributed by atoms with Gasteiger partial charge in [-0.3, -0.25) is 9.59 Å². The molecule has 16 nitrogen and oxygen atoms in total. The number of hydrogen-bond acceptors (Lipinski definition) is 9. The standard InChI is InChI=1S/C41H62N10O6/c1-30-27-33(4)49(43-30)36(52)21-15-9-7-12-18-24-46-39(55)47(25-19-13-8-10-16-22-37(53)50-34(5)28-31(2)44-50)41(57)48(40(46)56)26-20-14-11-17-23-42-38(54)51-35(6)29-32(3)45-51/h27-29H,7-26H2,1-6H3,(H,42,54). The maximum atomic E-state index is 13.6. The van der Waals surface area contributed by atoms with Gasteiger partial charge in [-0.2, -0.15) is 20.0 Å². The summed E-state index contributed by atoms with van der Waals surface area (Å²) in [5, 5.41) is 15.6. The highest BCUT2D eigenvalue weighted by Crippen LogP contribution is 2.11. The first-order valence-corrected chi connectivity index (χ1v) is 20.7. The number of unbranched alkanes of at least 4 members (excludes halogenated alkanes) is 11. The van der Waals surface area contributed by atoms with Crippen LogP contribution in [0.4, 0.5) is 4.79 Å². The van der Waals surface area contributed by atoms with Crippen molar-refractivity contribution in [3.63, 3.8) is 0 Å². The number of aryl methyl sites for hydroxylation is 6. The Balaban J connectivity index is 1.27. The van der Waals surface area contributed by atoms with E-state index in [9.17, 15) is 28.8 Å². The van der Waals surface area contributed by atoms with E-state index >= 15 is 0 Å². The topological polar surface area (TPSA) is 183 Å². The zero-order chi connectivity index (χ0) is 41.5. The van der Waals surface area contributed by atoms with Gasteiger partial charge >= 0.3 is 23.1 Å². The van der Waals surface area contributed by atoms with Crippen LogP contribution in [0.5, 0.6) is 0 Å². The summed E-state index contributed by atoms with van der Waals surface area (Å²) in [7, 11) is 0. The van der Waals surface area contributed by atoms with Gasteiger partial charge in [0.15, 0.2) is 0 Å². The largest absolute Gasteiger partial charge is 0.342 e. The number of nitrogens with one attached hydrogen (secondary N) is 1. The maximum absolute atomic E-state index is 13.6. The van der Waals surface area contributed by atoms with Gasteiger partial charge in [0.1, 0.15) is 0 Å². The number of amides is 1. The second-order valence-electron chi connectivity index (χ2n) is 15.3. The van der Waals surface area contributed by atoms with Gasteiger partial charge < -0.3 is 5.32 Å². The van der Waals surface area contributed by atoms with Crippen LogP contribution in [0.1, 0.15) is 146 Å². The number of carbonyl (C=O) groups is 3. The second kappa shape index (κ2) is 22.0. The molecule has 4 aromatic rings. The molecule has 0 saturated carbocycles. The van der Waals surface area contributed by atoms with Gasteiger partial charge in [-0.1, -0.05) is 51.4 Å². The van der Waals surface area contributed by atoms with Crippen LogP contribution in [0, 0.1) is 41.5 Å². The van der Waals surface area contributed by atoms with Crippen LogP contribution in [0.15, 0.2) is 32.6 Å². The fourth-order valence-corrected chi connectivity index (χ4v) is 7.24. The van der Waals surface area contributed by atoms with Crippen molar-refractivity contribution in [3.05, 3.63) is 83.8 Å². The first-order valence-electron chi connectivity index (χ1n) is 20.7. The third-order valence-corrected chi connectivity index (χ3v) is 10.2. The lowest BCUT2D eigenvalue weighted by molar-refractivity contribution is 0.0872. The Morgan fingerprint density at radius 1 is 0.456 bits per heavy atom. The Hall–Kier alpha value is -5.15. The van der Waals surface area contributed by atoms with E-state index in [1.165, 1.54) is 27.7 Å². The van der Waals surface area contributed by atoms with Crippen molar-refractivity contribution in [2.45, 2.75) is 164 Å². The Morgan fingerprint density at radius 3 is 1.12 bits per heavy atom. The predicted octanol–water partition coefficient (Wildman–Crippen LogP) is 5.79. The fourth-order valence-electron chi connectivity index (χ4n) is 7.24. The fraction of sp³-hybridized carbons (Fsp3) is 0.634. The molecular formula is C41H62N10O6. The van der Waals surface area contributed by atoms with Gasteiger partial charge in [0.05, 0.1) is 17.1 Å². The Morgan fingerprint density at radius 2 is 0.772 bits per heavy atom.